The van der Waals surface area contributed by atoms with Crippen LogP contribution in [0.5, 0.6) is 0 Å². The minimum absolute atomic E-state index is 0.0111. The van der Waals surface area contributed by atoms with Gasteiger partial charge in [-0.2, -0.15) is 0 Å². The summed E-state index contributed by atoms with van der Waals surface area (Å²) in [5.74, 6) is -1.77. The average Bonchev–Trinajstić information content (AvgIpc) is 2.69. The molecule has 2 aromatic carbocycles. The number of anilines is 1. The Kier molecular flexibility index (Phi) is 5.28. The molecule has 1 heterocycles. The molecular formula is C19H14FN3O3. The van der Waals surface area contributed by atoms with Crippen LogP contribution in [0.1, 0.15) is 22.2 Å². The number of carbonyl (C=O) groups excluding carboxylic acids is 2. The zero-order valence-electron chi connectivity index (χ0n) is 13.5. The lowest BCUT2D eigenvalue weighted by atomic mass is 10.1. The zero-order chi connectivity index (χ0) is 18.4. The maximum Gasteiger partial charge on any atom is 0.359 e. The van der Waals surface area contributed by atoms with Gasteiger partial charge in [-0.05, 0) is 24.3 Å². The number of nitrogens with zero attached hydrogens (tertiary/aromatic N) is 2. The highest BCUT2D eigenvalue weighted by molar-refractivity contribution is 5.97. The van der Waals surface area contributed by atoms with Crippen LogP contribution in [0.15, 0.2) is 73.2 Å². The van der Waals surface area contributed by atoms with Crippen LogP contribution in [0.2, 0.25) is 0 Å². The van der Waals surface area contributed by atoms with Crippen LogP contribution in [-0.4, -0.2) is 21.8 Å². The highest BCUT2D eigenvalue weighted by atomic mass is 19.1. The number of carbonyl (C=O) groups is 2. The molecule has 3 aromatic rings. The summed E-state index contributed by atoms with van der Waals surface area (Å²) in [6.45, 7) is 0. The normalized spacial score (nSPS) is 11.4. The lowest BCUT2D eigenvalue weighted by molar-refractivity contribution is -0.125. The van der Waals surface area contributed by atoms with Gasteiger partial charge in [0.15, 0.2) is 5.69 Å². The van der Waals surface area contributed by atoms with Gasteiger partial charge < -0.3 is 10.1 Å². The second kappa shape index (κ2) is 7.98. The summed E-state index contributed by atoms with van der Waals surface area (Å²) in [6.07, 6.45) is 2.83. The quantitative estimate of drug-likeness (QED) is 0.714. The van der Waals surface area contributed by atoms with Crippen LogP contribution >= 0.6 is 0 Å². The van der Waals surface area contributed by atoms with Crippen molar-refractivity contribution in [3.8, 4) is 0 Å². The topological polar surface area (TPSA) is 81.2 Å². The van der Waals surface area contributed by atoms with Crippen molar-refractivity contribution in [1.82, 2.24) is 9.97 Å². The van der Waals surface area contributed by atoms with E-state index >= 15 is 0 Å². The number of aromatic nitrogens is 2. The van der Waals surface area contributed by atoms with Crippen molar-refractivity contribution < 1.29 is 18.7 Å². The lowest BCUT2D eigenvalue weighted by Crippen LogP contribution is -2.26. The third-order valence-corrected chi connectivity index (χ3v) is 3.45. The lowest BCUT2D eigenvalue weighted by Gasteiger charge is -2.18. The van der Waals surface area contributed by atoms with Crippen LogP contribution in [0, 0.1) is 5.82 Å². The number of benzene rings is 2. The molecule has 0 unspecified atom stereocenters. The molecule has 0 aliphatic carbocycles. The molecule has 1 aromatic heterocycles. The van der Waals surface area contributed by atoms with Gasteiger partial charge in [0.2, 0.25) is 6.10 Å². The Bertz CT molecular complexity index is 887. The fraction of sp³-hybridized carbons (Fsp3) is 0.0526. The fourth-order valence-corrected chi connectivity index (χ4v) is 2.21. The number of halogens is 1. The van der Waals surface area contributed by atoms with E-state index in [1.807, 2.05) is 0 Å². The number of amides is 1. The molecule has 1 amide bonds. The second-order valence-corrected chi connectivity index (χ2v) is 5.28. The maximum absolute atomic E-state index is 13.0. The van der Waals surface area contributed by atoms with Gasteiger partial charge in [0.1, 0.15) is 5.82 Å². The molecule has 0 fully saturated rings. The van der Waals surface area contributed by atoms with Crippen LogP contribution < -0.4 is 5.32 Å². The molecule has 0 aliphatic rings. The fourth-order valence-electron chi connectivity index (χ4n) is 2.21. The molecule has 1 atom stereocenters. The summed E-state index contributed by atoms with van der Waals surface area (Å²) >= 11 is 0. The van der Waals surface area contributed by atoms with Gasteiger partial charge in [-0.1, -0.05) is 30.3 Å². The Morgan fingerprint density at radius 3 is 2.38 bits per heavy atom. The van der Waals surface area contributed by atoms with Crippen molar-refractivity contribution in [3.05, 3.63) is 90.3 Å². The molecule has 0 bridgehead atoms. The van der Waals surface area contributed by atoms with E-state index in [9.17, 15) is 14.0 Å². The Morgan fingerprint density at radius 2 is 1.73 bits per heavy atom. The van der Waals surface area contributed by atoms with Crippen LogP contribution in [0.4, 0.5) is 10.1 Å². The highest BCUT2D eigenvalue weighted by Gasteiger charge is 2.26. The van der Waals surface area contributed by atoms with E-state index in [2.05, 4.69) is 15.3 Å². The van der Waals surface area contributed by atoms with E-state index in [0.717, 1.165) is 0 Å². The van der Waals surface area contributed by atoms with Gasteiger partial charge in [0.05, 0.1) is 6.20 Å². The summed E-state index contributed by atoms with van der Waals surface area (Å²) < 4.78 is 18.4. The van der Waals surface area contributed by atoms with E-state index in [-0.39, 0.29) is 5.69 Å². The third kappa shape index (κ3) is 4.27. The van der Waals surface area contributed by atoms with Crippen molar-refractivity contribution >= 4 is 17.6 Å². The van der Waals surface area contributed by atoms with E-state index in [1.165, 1.54) is 42.9 Å². The largest absolute Gasteiger partial charge is 0.443 e. The molecular weight excluding hydrogens is 337 g/mol. The summed E-state index contributed by atoms with van der Waals surface area (Å²) in [4.78, 5) is 32.6. The first-order valence-corrected chi connectivity index (χ1v) is 7.72. The van der Waals surface area contributed by atoms with Crippen molar-refractivity contribution in [2.24, 2.45) is 0 Å². The third-order valence-electron chi connectivity index (χ3n) is 3.45. The van der Waals surface area contributed by atoms with E-state index < -0.39 is 23.8 Å². The van der Waals surface area contributed by atoms with Crippen molar-refractivity contribution in [3.63, 3.8) is 0 Å². The first kappa shape index (κ1) is 17.2. The molecule has 26 heavy (non-hydrogen) atoms. The van der Waals surface area contributed by atoms with Crippen LogP contribution in [0.3, 0.4) is 0 Å². The standard InChI is InChI=1S/C19H14FN3O3/c20-14-6-8-15(9-7-14)23-18(24)17(13-4-2-1-3-5-13)26-19(25)16-12-21-10-11-22-16/h1-12,17H,(H,23,24)/t17-/m0/s1. The number of hydrogen-bond acceptors (Lipinski definition) is 5. The van der Waals surface area contributed by atoms with Gasteiger partial charge in [0, 0.05) is 23.6 Å². The van der Waals surface area contributed by atoms with Gasteiger partial charge in [-0.25, -0.2) is 14.2 Å². The molecule has 3 rings (SSSR count). The molecule has 130 valence electrons. The molecule has 0 saturated carbocycles. The molecule has 0 radical (unpaired) electrons. The van der Waals surface area contributed by atoms with Gasteiger partial charge in [-0.3, -0.25) is 9.78 Å². The summed E-state index contributed by atoms with van der Waals surface area (Å²) in [5.41, 5.74) is 0.861. The maximum atomic E-state index is 13.0. The van der Waals surface area contributed by atoms with E-state index in [0.29, 0.717) is 11.3 Å². The smallest absolute Gasteiger partial charge is 0.359 e. The van der Waals surface area contributed by atoms with Crippen LogP contribution in [-0.2, 0) is 9.53 Å². The summed E-state index contributed by atoms with van der Waals surface area (Å²) in [6, 6.07) is 13.8. The van der Waals surface area contributed by atoms with Gasteiger partial charge in [-0.15, -0.1) is 0 Å². The predicted octanol–water partition coefficient (Wildman–Crippen LogP) is 3.15. The Hall–Kier alpha value is -3.61. The van der Waals surface area contributed by atoms with Gasteiger partial charge in [0.25, 0.3) is 5.91 Å². The minimum atomic E-state index is -1.20. The first-order chi connectivity index (χ1) is 12.6. The van der Waals surface area contributed by atoms with Crippen molar-refractivity contribution in [2.75, 3.05) is 5.32 Å². The van der Waals surface area contributed by atoms with E-state index in [1.54, 1.807) is 30.3 Å². The SMILES string of the molecule is O=C(O[C@H](C(=O)Nc1ccc(F)cc1)c1ccccc1)c1cnccn1. The first-order valence-electron chi connectivity index (χ1n) is 7.72. The van der Waals surface area contributed by atoms with E-state index in [4.69, 9.17) is 4.74 Å². The second-order valence-electron chi connectivity index (χ2n) is 5.28. The van der Waals surface area contributed by atoms with Crippen LogP contribution in [0.25, 0.3) is 0 Å². The number of rotatable bonds is 5. The Balaban J connectivity index is 1.82. The Labute approximate surface area is 148 Å². The monoisotopic (exact) mass is 351 g/mol. The molecule has 0 saturated heterocycles. The molecule has 6 nitrogen and oxygen atoms in total. The Morgan fingerprint density at radius 1 is 1.00 bits per heavy atom. The summed E-state index contributed by atoms with van der Waals surface area (Å²) in [7, 11) is 0. The number of ether oxygens (including phenoxy) is 1. The molecule has 1 N–H and O–H groups in total. The number of nitrogens with one attached hydrogen (secondary N) is 1. The van der Waals surface area contributed by atoms with Crippen molar-refractivity contribution in [2.45, 2.75) is 6.10 Å². The average molecular weight is 351 g/mol. The zero-order valence-corrected chi connectivity index (χ0v) is 13.5. The van der Waals surface area contributed by atoms with Gasteiger partial charge >= 0.3 is 5.97 Å². The minimum Gasteiger partial charge on any atom is -0.443 e. The molecule has 0 aliphatic heterocycles. The van der Waals surface area contributed by atoms with Crippen molar-refractivity contribution in [1.29, 1.82) is 0 Å². The highest BCUT2D eigenvalue weighted by Crippen LogP contribution is 2.21. The number of hydrogen-bond donors (Lipinski definition) is 1. The molecule has 7 heteroatoms. The molecule has 0 spiro atoms. The summed E-state index contributed by atoms with van der Waals surface area (Å²) in [5, 5.41) is 2.61. The number of esters is 1. The predicted molar refractivity (Wildman–Crippen MR) is 91.7 cm³/mol.